The summed E-state index contributed by atoms with van der Waals surface area (Å²) in [6.07, 6.45) is 4.21. The summed E-state index contributed by atoms with van der Waals surface area (Å²) < 4.78 is 17.8. The number of Topliss-reactive ketones (excluding diaryl/α,β-unsaturated/α-hetero) is 1. The number of benzene rings is 2. The van der Waals surface area contributed by atoms with Crippen LogP contribution in [0, 0.1) is 6.92 Å². The molecule has 144 valence electrons. The van der Waals surface area contributed by atoms with Crippen molar-refractivity contribution in [3.63, 3.8) is 0 Å². The molecule has 3 aliphatic rings. The SMILES string of the molecule is CCOc1ccccc1/C=C1\Oc2c3c(cc(C)c2C1=O)OCN(C1CC1)C3. The first-order valence-corrected chi connectivity index (χ1v) is 9.85. The van der Waals surface area contributed by atoms with Crippen LogP contribution in [0.25, 0.3) is 6.08 Å². The highest BCUT2D eigenvalue weighted by atomic mass is 16.5. The van der Waals surface area contributed by atoms with Crippen LogP contribution in [0.1, 0.15) is 46.8 Å². The zero-order chi connectivity index (χ0) is 19.3. The highest BCUT2D eigenvalue weighted by Gasteiger charge is 2.38. The van der Waals surface area contributed by atoms with Gasteiger partial charge in [-0.2, -0.15) is 0 Å². The van der Waals surface area contributed by atoms with Gasteiger partial charge in [0.2, 0.25) is 5.78 Å². The molecular formula is C23H23NO4. The van der Waals surface area contributed by atoms with Gasteiger partial charge in [-0.3, -0.25) is 9.69 Å². The minimum atomic E-state index is -0.0786. The van der Waals surface area contributed by atoms with E-state index in [4.69, 9.17) is 14.2 Å². The summed E-state index contributed by atoms with van der Waals surface area (Å²) >= 11 is 0. The fraction of sp³-hybridized carbons (Fsp3) is 0.348. The third kappa shape index (κ3) is 2.87. The summed E-state index contributed by atoms with van der Waals surface area (Å²) in [6.45, 7) is 5.81. The Morgan fingerprint density at radius 1 is 1.29 bits per heavy atom. The monoisotopic (exact) mass is 377 g/mol. The van der Waals surface area contributed by atoms with Crippen LogP contribution in [-0.4, -0.2) is 30.1 Å². The van der Waals surface area contributed by atoms with Gasteiger partial charge in [-0.1, -0.05) is 18.2 Å². The Bertz CT molecular complexity index is 990. The van der Waals surface area contributed by atoms with Crippen LogP contribution in [0.2, 0.25) is 0 Å². The Balaban J connectivity index is 1.54. The van der Waals surface area contributed by atoms with Gasteiger partial charge in [-0.05, 0) is 50.5 Å². The van der Waals surface area contributed by atoms with E-state index in [9.17, 15) is 4.79 Å². The summed E-state index contributed by atoms with van der Waals surface area (Å²) in [7, 11) is 0. The van der Waals surface area contributed by atoms with Crippen molar-refractivity contribution < 1.29 is 19.0 Å². The minimum Gasteiger partial charge on any atom is -0.493 e. The zero-order valence-electron chi connectivity index (χ0n) is 16.2. The van der Waals surface area contributed by atoms with Crippen LogP contribution >= 0.6 is 0 Å². The van der Waals surface area contributed by atoms with Gasteiger partial charge in [-0.15, -0.1) is 0 Å². The summed E-state index contributed by atoms with van der Waals surface area (Å²) in [5.74, 6) is 2.49. The standard InChI is InChI=1S/C23H23NO4/c1-3-26-18-7-5-4-6-15(18)11-20-22(25)21-14(2)10-19-17(23(21)28-20)12-24(13-27-19)16-8-9-16/h4-7,10-11,16H,3,8-9,12-13H2,1-2H3/b20-11-. The molecule has 2 aromatic rings. The van der Waals surface area contributed by atoms with E-state index in [1.54, 1.807) is 6.08 Å². The van der Waals surface area contributed by atoms with Gasteiger partial charge in [-0.25, -0.2) is 0 Å². The second-order valence-electron chi connectivity index (χ2n) is 7.54. The summed E-state index contributed by atoms with van der Waals surface area (Å²) in [5.41, 5.74) is 3.36. The molecule has 2 heterocycles. The summed E-state index contributed by atoms with van der Waals surface area (Å²) in [5, 5.41) is 0. The predicted molar refractivity (Wildman–Crippen MR) is 106 cm³/mol. The van der Waals surface area contributed by atoms with Gasteiger partial charge < -0.3 is 14.2 Å². The third-order valence-corrected chi connectivity index (χ3v) is 5.52. The molecule has 1 aliphatic carbocycles. The molecule has 5 nitrogen and oxygen atoms in total. The zero-order valence-corrected chi connectivity index (χ0v) is 16.2. The molecule has 0 bridgehead atoms. The number of fused-ring (bicyclic) bond motifs is 3. The summed E-state index contributed by atoms with van der Waals surface area (Å²) in [4.78, 5) is 15.4. The lowest BCUT2D eigenvalue weighted by Crippen LogP contribution is -2.34. The van der Waals surface area contributed by atoms with Gasteiger partial charge >= 0.3 is 0 Å². The van der Waals surface area contributed by atoms with Gasteiger partial charge in [0.15, 0.2) is 5.76 Å². The van der Waals surface area contributed by atoms with Crippen molar-refractivity contribution in [2.24, 2.45) is 0 Å². The van der Waals surface area contributed by atoms with Crippen molar-refractivity contribution in [2.75, 3.05) is 13.3 Å². The number of para-hydroxylation sites is 1. The van der Waals surface area contributed by atoms with E-state index in [1.807, 2.05) is 44.2 Å². The number of rotatable bonds is 4. The molecule has 5 heteroatoms. The molecular weight excluding hydrogens is 354 g/mol. The normalized spacial score (nSPS) is 19.8. The molecule has 5 rings (SSSR count). The van der Waals surface area contributed by atoms with Crippen LogP contribution in [0.15, 0.2) is 36.1 Å². The van der Waals surface area contributed by atoms with Gasteiger partial charge in [0, 0.05) is 18.2 Å². The lowest BCUT2D eigenvalue weighted by atomic mass is 9.98. The molecule has 0 aromatic heterocycles. The molecule has 0 amide bonds. The second kappa shape index (κ2) is 6.67. The van der Waals surface area contributed by atoms with Crippen LogP contribution in [0.5, 0.6) is 17.2 Å². The highest BCUT2D eigenvalue weighted by molar-refractivity contribution is 6.16. The molecule has 0 N–H and O–H groups in total. The lowest BCUT2D eigenvalue weighted by molar-refractivity contribution is 0.0867. The molecule has 1 saturated carbocycles. The van der Waals surface area contributed by atoms with E-state index in [2.05, 4.69) is 4.90 Å². The number of carbonyl (C=O) groups is 1. The van der Waals surface area contributed by atoms with Crippen LogP contribution in [-0.2, 0) is 6.54 Å². The smallest absolute Gasteiger partial charge is 0.232 e. The number of aryl methyl sites for hydroxylation is 1. The van der Waals surface area contributed by atoms with Crippen LogP contribution in [0.4, 0.5) is 0 Å². The Kier molecular flexibility index (Phi) is 4.13. The van der Waals surface area contributed by atoms with Crippen molar-refractivity contribution in [1.29, 1.82) is 0 Å². The number of hydrogen-bond acceptors (Lipinski definition) is 5. The van der Waals surface area contributed by atoms with Crippen LogP contribution in [0.3, 0.4) is 0 Å². The van der Waals surface area contributed by atoms with E-state index >= 15 is 0 Å². The van der Waals surface area contributed by atoms with E-state index in [1.165, 1.54) is 12.8 Å². The largest absolute Gasteiger partial charge is 0.493 e. The van der Waals surface area contributed by atoms with Gasteiger partial charge in [0.25, 0.3) is 0 Å². The average Bonchev–Trinajstić information content (AvgIpc) is 3.48. The molecule has 28 heavy (non-hydrogen) atoms. The lowest BCUT2D eigenvalue weighted by Gasteiger charge is -2.30. The van der Waals surface area contributed by atoms with E-state index in [0.29, 0.717) is 36.5 Å². The highest BCUT2D eigenvalue weighted by Crippen LogP contribution is 2.45. The molecule has 2 aliphatic heterocycles. The average molecular weight is 377 g/mol. The van der Waals surface area contributed by atoms with Crippen LogP contribution < -0.4 is 14.2 Å². The molecule has 0 unspecified atom stereocenters. The van der Waals surface area contributed by atoms with E-state index in [0.717, 1.165) is 34.7 Å². The molecule has 0 saturated heterocycles. The molecule has 0 atom stereocenters. The topological polar surface area (TPSA) is 48.0 Å². The fourth-order valence-corrected chi connectivity index (χ4v) is 3.95. The maximum atomic E-state index is 13.1. The summed E-state index contributed by atoms with van der Waals surface area (Å²) in [6, 6.07) is 10.2. The maximum absolute atomic E-state index is 13.1. The number of hydrogen-bond donors (Lipinski definition) is 0. The van der Waals surface area contributed by atoms with Crippen molar-refractivity contribution in [3.05, 3.63) is 58.3 Å². The molecule has 2 aromatic carbocycles. The number of carbonyl (C=O) groups excluding carboxylic acids is 1. The number of ketones is 1. The Hall–Kier alpha value is -2.79. The van der Waals surface area contributed by atoms with Gasteiger partial charge in [0.1, 0.15) is 24.0 Å². The molecule has 0 radical (unpaired) electrons. The first-order valence-electron chi connectivity index (χ1n) is 9.85. The third-order valence-electron chi connectivity index (χ3n) is 5.52. The fourth-order valence-electron chi connectivity index (χ4n) is 3.95. The van der Waals surface area contributed by atoms with E-state index in [-0.39, 0.29) is 5.78 Å². The van der Waals surface area contributed by atoms with E-state index < -0.39 is 0 Å². The van der Waals surface area contributed by atoms with Gasteiger partial charge in [0.05, 0.1) is 17.7 Å². The number of nitrogens with zero attached hydrogens (tertiary/aromatic N) is 1. The maximum Gasteiger partial charge on any atom is 0.232 e. The quantitative estimate of drug-likeness (QED) is 0.743. The van der Waals surface area contributed by atoms with Crippen molar-refractivity contribution in [3.8, 4) is 17.2 Å². The Morgan fingerprint density at radius 2 is 2.11 bits per heavy atom. The first kappa shape index (κ1) is 17.3. The second-order valence-corrected chi connectivity index (χ2v) is 7.54. The first-order chi connectivity index (χ1) is 13.7. The number of allylic oxidation sites excluding steroid dienone is 1. The molecule has 0 spiro atoms. The minimum absolute atomic E-state index is 0.0786. The molecule has 1 fully saturated rings. The van der Waals surface area contributed by atoms with Crippen molar-refractivity contribution >= 4 is 11.9 Å². The Labute approximate surface area is 164 Å². The predicted octanol–water partition coefficient (Wildman–Crippen LogP) is 4.32. The Morgan fingerprint density at radius 3 is 2.89 bits per heavy atom. The van der Waals surface area contributed by atoms with Crippen molar-refractivity contribution in [1.82, 2.24) is 4.90 Å². The van der Waals surface area contributed by atoms with Crippen molar-refractivity contribution in [2.45, 2.75) is 39.3 Å². The number of ether oxygens (including phenoxy) is 3.